The first-order valence-electron chi connectivity index (χ1n) is 10.7. The number of hydrogen-bond acceptors (Lipinski definition) is 4. The number of piperazine rings is 1. The van der Waals surface area contributed by atoms with E-state index in [2.05, 4.69) is 26.1 Å². The Hall–Kier alpha value is -2.25. The Kier molecular flexibility index (Phi) is 7.72. The average molecular weight is 523 g/mol. The van der Waals surface area contributed by atoms with Crippen LogP contribution in [0.15, 0.2) is 46.9 Å². The van der Waals surface area contributed by atoms with Crippen LogP contribution in [0.2, 0.25) is 5.02 Å². The molecule has 0 saturated carbocycles. The minimum absolute atomic E-state index is 0.00465. The fourth-order valence-electron chi connectivity index (χ4n) is 3.50. The predicted octanol–water partition coefficient (Wildman–Crippen LogP) is 5.20. The summed E-state index contributed by atoms with van der Waals surface area (Å²) in [6.07, 6.45) is 0. The van der Waals surface area contributed by atoms with Crippen LogP contribution in [-0.4, -0.2) is 48.5 Å². The molecule has 1 fully saturated rings. The molecule has 3 rings (SSSR count). The molecule has 0 aromatic heterocycles. The lowest BCUT2D eigenvalue weighted by molar-refractivity contribution is -0.134. The maximum absolute atomic E-state index is 12.8. The Labute approximate surface area is 203 Å². The van der Waals surface area contributed by atoms with Crippen molar-refractivity contribution in [3.05, 3.63) is 52.0 Å². The molecule has 32 heavy (non-hydrogen) atoms. The van der Waals surface area contributed by atoms with Gasteiger partial charge in [-0.15, -0.1) is 0 Å². The van der Waals surface area contributed by atoms with Gasteiger partial charge in [0.2, 0.25) is 5.91 Å². The standard InChI is InChI=1S/C24H29BrClN3O3/c1-16(2)22(30)29-13-11-28(12-14-29)21-10-7-18(15-20(21)26)27-23(31)24(3,4)32-19-8-5-17(25)6-9-19/h5-10,15-16H,11-14H2,1-4H3,(H,27,31). The summed E-state index contributed by atoms with van der Waals surface area (Å²) in [6, 6.07) is 12.8. The van der Waals surface area contributed by atoms with Gasteiger partial charge in [0.05, 0.1) is 10.7 Å². The van der Waals surface area contributed by atoms with Crippen molar-refractivity contribution in [2.45, 2.75) is 33.3 Å². The van der Waals surface area contributed by atoms with E-state index in [9.17, 15) is 9.59 Å². The van der Waals surface area contributed by atoms with Gasteiger partial charge in [-0.1, -0.05) is 41.4 Å². The number of nitrogens with zero attached hydrogens (tertiary/aromatic N) is 2. The molecule has 8 heteroatoms. The molecule has 1 N–H and O–H groups in total. The zero-order valence-electron chi connectivity index (χ0n) is 18.8. The molecule has 2 amide bonds. The molecule has 172 valence electrons. The number of nitrogens with one attached hydrogen (secondary N) is 1. The Bertz CT molecular complexity index is 971. The van der Waals surface area contributed by atoms with Gasteiger partial charge < -0.3 is 19.9 Å². The minimum atomic E-state index is -1.07. The third-order valence-electron chi connectivity index (χ3n) is 5.36. The van der Waals surface area contributed by atoms with E-state index in [0.717, 1.165) is 23.2 Å². The molecule has 0 bridgehead atoms. The lowest BCUT2D eigenvalue weighted by atomic mass is 10.1. The van der Waals surface area contributed by atoms with Crippen molar-refractivity contribution in [3.8, 4) is 5.75 Å². The highest BCUT2D eigenvalue weighted by atomic mass is 79.9. The Morgan fingerprint density at radius 1 is 1.06 bits per heavy atom. The molecule has 0 atom stereocenters. The molecule has 6 nitrogen and oxygen atoms in total. The highest BCUT2D eigenvalue weighted by Gasteiger charge is 2.30. The van der Waals surface area contributed by atoms with Gasteiger partial charge in [0.15, 0.2) is 5.60 Å². The molecule has 1 aliphatic heterocycles. The number of halogens is 2. The van der Waals surface area contributed by atoms with E-state index in [1.165, 1.54) is 0 Å². The third-order valence-corrected chi connectivity index (χ3v) is 6.20. The lowest BCUT2D eigenvalue weighted by Gasteiger charge is -2.37. The van der Waals surface area contributed by atoms with Crippen molar-refractivity contribution >= 4 is 50.7 Å². The van der Waals surface area contributed by atoms with E-state index in [0.29, 0.717) is 29.5 Å². The van der Waals surface area contributed by atoms with Gasteiger partial charge in [-0.25, -0.2) is 0 Å². The normalized spacial score (nSPS) is 14.5. The van der Waals surface area contributed by atoms with Gasteiger partial charge >= 0.3 is 0 Å². The number of amides is 2. The van der Waals surface area contributed by atoms with Crippen molar-refractivity contribution in [1.82, 2.24) is 4.90 Å². The van der Waals surface area contributed by atoms with Gasteiger partial charge in [0, 0.05) is 42.3 Å². The topological polar surface area (TPSA) is 61.9 Å². The van der Waals surface area contributed by atoms with Crippen LogP contribution in [0.3, 0.4) is 0 Å². The van der Waals surface area contributed by atoms with Crippen LogP contribution in [0.25, 0.3) is 0 Å². The summed E-state index contributed by atoms with van der Waals surface area (Å²) in [5.74, 6) is 0.522. The largest absolute Gasteiger partial charge is 0.478 e. The Morgan fingerprint density at radius 3 is 2.25 bits per heavy atom. The second-order valence-corrected chi connectivity index (χ2v) is 9.98. The first-order valence-corrected chi connectivity index (χ1v) is 11.8. The summed E-state index contributed by atoms with van der Waals surface area (Å²) in [5, 5.41) is 3.44. The number of carbonyl (C=O) groups is 2. The molecule has 2 aromatic carbocycles. The molecule has 0 aliphatic carbocycles. The number of benzene rings is 2. The first kappa shape index (κ1) is 24.4. The number of rotatable bonds is 6. The summed E-state index contributed by atoms with van der Waals surface area (Å²) in [4.78, 5) is 29.1. The van der Waals surface area contributed by atoms with E-state index in [-0.39, 0.29) is 17.7 Å². The fourth-order valence-corrected chi connectivity index (χ4v) is 4.06. The van der Waals surface area contributed by atoms with E-state index in [1.54, 1.807) is 32.0 Å². The quantitative estimate of drug-likeness (QED) is 0.566. The maximum atomic E-state index is 12.8. The highest BCUT2D eigenvalue weighted by Crippen LogP contribution is 2.30. The molecular formula is C24H29BrClN3O3. The monoisotopic (exact) mass is 521 g/mol. The van der Waals surface area contributed by atoms with Crippen LogP contribution < -0.4 is 15.0 Å². The van der Waals surface area contributed by atoms with Crippen LogP contribution in [0.1, 0.15) is 27.7 Å². The average Bonchev–Trinajstić information content (AvgIpc) is 2.75. The molecular weight excluding hydrogens is 494 g/mol. The number of hydrogen-bond donors (Lipinski definition) is 1. The summed E-state index contributed by atoms with van der Waals surface area (Å²) >= 11 is 9.93. The number of ether oxygens (including phenoxy) is 1. The molecule has 1 heterocycles. The zero-order valence-corrected chi connectivity index (χ0v) is 21.2. The van der Waals surface area contributed by atoms with Gasteiger partial charge in [-0.3, -0.25) is 9.59 Å². The summed E-state index contributed by atoms with van der Waals surface area (Å²) < 4.78 is 6.82. The molecule has 1 aliphatic rings. The van der Waals surface area contributed by atoms with Crippen molar-refractivity contribution < 1.29 is 14.3 Å². The van der Waals surface area contributed by atoms with E-state index < -0.39 is 5.60 Å². The second kappa shape index (κ2) is 10.1. The number of anilines is 2. The second-order valence-electron chi connectivity index (χ2n) is 8.65. The van der Waals surface area contributed by atoms with Crippen LogP contribution in [0.5, 0.6) is 5.75 Å². The summed E-state index contributed by atoms with van der Waals surface area (Å²) in [7, 11) is 0. The zero-order chi connectivity index (χ0) is 23.5. The van der Waals surface area contributed by atoms with Crippen molar-refractivity contribution in [1.29, 1.82) is 0 Å². The van der Waals surface area contributed by atoms with Gasteiger partial charge in [0.25, 0.3) is 5.91 Å². The van der Waals surface area contributed by atoms with Crippen molar-refractivity contribution in [2.24, 2.45) is 5.92 Å². The van der Waals surface area contributed by atoms with Gasteiger partial charge in [-0.2, -0.15) is 0 Å². The molecule has 0 radical (unpaired) electrons. The molecule has 2 aromatic rings. The fraction of sp³-hybridized carbons (Fsp3) is 0.417. The van der Waals surface area contributed by atoms with Crippen molar-refractivity contribution in [3.63, 3.8) is 0 Å². The van der Waals surface area contributed by atoms with Crippen LogP contribution in [0.4, 0.5) is 11.4 Å². The third kappa shape index (κ3) is 5.95. The predicted molar refractivity (Wildman–Crippen MR) is 133 cm³/mol. The summed E-state index contributed by atoms with van der Waals surface area (Å²) in [5.41, 5.74) is 0.426. The van der Waals surface area contributed by atoms with Gasteiger partial charge in [0.1, 0.15) is 5.75 Å². The van der Waals surface area contributed by atoms with Gasteiger partial charge in [-0.05, 0) is 56.3 Å². The summed E-state index contributed by atoms with van der Waals surface area (Å²) in [6.45, 7) is 10.1. The van der Waals surface area contributed by atoms with Crippen LogP contribution in [-0.2, 0) is 9.59 Å². The Morgan fingerprint density at radius 2 is 1.69 bits per heavy atom. The van der Waals surface area contributed by atoms with E-state index in [1.807, 2.05) is 43.0 Å². The van der Waals surface area contributed by atoms with E-state index >= 15 is 0 Å². The lowest BCUT2D eigenvalue weighted by Crippen LogP contribution is -2.50. The first-order chi connectivity index (χ1) is 15.1. The molecule has 0 unspecified atom stereocenters. The Balaban J connectivity index is 1.62. The highest BCUT2D eigenvalue weighted by molar-refractivity contribution is 9.10. The van der Waals surface area contributed by atoms with Crippen LogP contribution >= 0.6 is 27.5 Å². The SMILES string of the molecule is CC(C)C(=O)N1CCN(c2ccc(NC(=O)C(C)(C)Oc3ccc(Br)cc3)cc2Cl)CC1. The van der Waals surface area contributed by atoms with Crippen molar-refractivity contribution in [2.75, 3.05) is 36.4 Å². The molecule has 1 saturated heterocycles. The smallest absolute Gasteiger partial charge is 0.267 e. The minimum Gasteiger partial charge on any atom is -0.478 e. The molecule has 0 spiro atoms. The van der Waals surface area contributed by atoms with Crippen LogP contribution in [0, 0.1) is 5.92 Å². The number of carbonyl (C=O) groups excluding carboxylic acids is 2. The maximum Gasteiger partial charge on any atom is 0.267 e. The van der Waals surface area contributed by atoms with E-state index in [4.69, 9.17) is 16.3 Å².